The van der Waals surface area contributed by atoms with Crippen molar-refractivity contribution in [1.29, 1.82) is 0 Å². The third-order valence-corrected chi connectivity index (χ3v) is 5.95. The Kier molecular flexibility index (Phi) is 5.35. The standard InChI is InChI=1S/C14H24ClN3O2S/c1-12(2)10-17-4-6-18(7-5-17)21(19,20)14-8-13(9-15)16(3)11-14/h8,11-12H,4-7,9-10H2,1-3H3. The molecule has 1 aliphatic heterocycles. The molecule has 1 saturated heterocycles. The summed E-state index contributed by atoms with van der Waals surface area (Å²) in [5, 5.41) is 0. The Morgan fingerprint density at radius 3 is 2.33 bits per heavy atom. The molecule has 0 N–H and O–H groups in total. The van der Waals surface area contributed by atoms with Gasteiger partial charge < -0.3 is 9.47 Å². The summed E-state index contributed by atoms with van der Waals surface area (Å²) in [6.07, 6.45) is 1.65. The third kappa shape index (κ3) is 3.80. The third-order valence-electron chi connectivity index (χ3n) is 3.81. The minimum Gasteiger partial charge on any atom is -0.352 e. The molecule has 120 valence electrons. The van der Waals surface area contributed by atoms with Crippen LogP contribution in [0, 0.1) is 5.92 Å². The SMILES string of the molecule is CC(C)CN1CCN(S(=O)(=O)c2cc(CCl)n(C)c2)CC1. The molecule has 1 aromatic heterocycles. The van der Waals surface area contributed by atoms with Crippen molar-refractivity contribution in [3.8, 4) is 0 Å². The fourth-order valence-corrected chi connectivity index (χ4v) is 4.45. The van der Waals surface area contributed by atoms with Crippen molar-refractivity contribution in [1.82, 2.24) is 13.8 Å². The van der Waals surface area contributed by atoms with E-state index in [9.17, 15) is 8.42 Å². The molecule has 1 aromatic rings. The topological polar surface area (TPSA) is 45.6 Å². The molecule has 2 rings (SSSR count). The minimum atomic E-state index is -3.40. The molecule has 0 saturated carbocycles. The Hall–Kier alpha value is -0.560. The van der Waals surface area contributed by atoms with Gasteiger partial charge in [0, 0.05) is 51.7 Å². The number of hydrogen-bond acceptors (Lipinski definition) is 3. The fraction of sp³-hybridized carbons (Fsp3) is 0.714. The van der Waals surface area contributed by atoms with Gasteiger partial charge in [-0.05, 0) is 12.0 Å². The summed E-state index contributed by atoms with van der Waals surface area (Å²) < 4.78 is 28.7. The van der Waals surface area contributed by atoms with Gasteiger partial charge in [-0.25, -0.2) is 8.42 Å². The molecule has 0 radical (unpaired) electrons. The highest BCUT2D eigenvalue weighted by Gasteiger charge is 2.29. The van der Waals surface area contributed by atoms with Crippen LogP contribution in [-0.2, 0) is 23.0 Å². The van der Waals surface area contributed by atoms with Gasteiger partial charge in [0.05, 0.1) is 5.88 Å². The van der Waals surface area contributed by atoms with Crippen LogP contribution in [0.4, 0.5) is 0 Å². The van der Waals surface area contributed by atoms with Gasteiger partial charge in [-0.3, -0.25) is 0 Å². The molecule has 1 fully saturated rings. The highest BCUT2D eigenvalue weighted by Crippen LogP contribution is 2.21. The lowest BCUT2D eigenvalue weighted by molar-refractivity contribution is 0.172. The molecule has 7 heteroatoms. The molecule has 5 nitrogen and oxygen atoms in total. The molecule has 0 aromatic carbocycles. The predicted octanol–water partition coefficient (Wildman–Crippen LogP) is 1.73. The van der Waals surface area contributed by atoms with Crippen LogP contribution in [0.5, 0.6) is 0 Å². The number of aryl methyl sites for hydroxylation is 1. The fourth-order valence-electron chi connectivity index (χ4n) is 2.67. The van der Waals surface area contributed by atoms with E-state index < -0.39 is 10.0 Å². The smallest absolute Gasteiger partial charge is 0.244 e. The predicted molar refractivity (Wildman–Crippen MR) is 85.0 cm³/mol. The lowest BCUT2D eigenvalue weighted by Crippen LogP contribution is -2.49. The monoisotopic (exact) mass is 333 g/mol. The first-order valence-corrected chi connectivity index (χ1v) is 9.25. The van der Waals surface area contributed by atoms with E-state index in [-0.39, 0.29) is 0 Å². The number of nitrogens with zero attached hydrogens (tertiary/aromatic N) is 3. The molecular formula is C14H24ClN3O2S. The van der Waals surface area contributed by atoms with E-state index >= 15 is 0 Å². The maximum Gasteiger partial charge on any atom is 0.244 e. The van der Waals surface area contributed by atoms with Crippen LogP contribution in [-0.4, -0.2) is 54.9 Å². The summed E-state index contributed by atoms with van der Waals surface area (Å²) in [4.78, 5) is 2.67. The molecule has 2 heterocycles. The van der Waals surface area contributed by atoms with Crippen LogP contribution < -0.4 is 0 Å². The van der Waals surface area contributed by atoms with E-state index in [1.165, 1.54) is 0 Å². The molecule has 0 amide bonds. The summed E-state index contributed by atoms with van der Waals surface area (Å²) in [6.45, 7) is 8.09. The number of sulfonamides is 1. The number of rotatable bonds is 5. The number of alkyl halides is 1. The van der Waals surface area contributed by atoms with Crippen molar-refractivity contribution < 1.29 is 8.42 Å². The van der Waals surface area contributed by atoms with Gasteiger partial charge in [0.1, 0.15) is 4.90 Å². The van der Waals surface area contributed by atoms with Gasteiger partial charge in [0.15, 0.2) is 0 Å². The summed E-state index contributed by atoms with van der Waals surface area (Å²) in [6, 6.07) is 1.67. The first-order valence-electron chi connectivity index (χ1n) is 7.28. The lowest BCUT2D eigenvalue weighted by atomic mass is 10.2. The van der Waals surface area contributed by atoms with Crippen molar-refractivity contribution in [2.75, 3.05) is 32.7 Å². The van der Waals surface area contributed by atoms with Gasteiger partial charge in [0.2, 0.25) is 10.0 Å². The maximum atomic E-state index is 12.6. The molecule has 0 unspecified atom stereocenters. The number of aromatic nitrogens is 1. The average molecular weight is 334 g/mol. The van der Waals surface area contributed by atoms with E-state index in [1.807, 2.05) is 7.05 Å². The van der Waals surface area contributed by atoms with Gasteiger partial charge in [-0.1, -0.05) is 13.8 Å². The number of hydrogen-bond donors (Lipinski definition) is 0. The van der Waals surface area contributed by atoms with E-state index in [2.05, 4.69) is 18.7 Å². The van der Waals surface area contributed by atoms with E-state index in [4.69, 9.17) is 11.6 Å². The molecule has 0 bridgehead atoms. The number of piperazine rings is 1. The Labute approximate surface area is 132 Å². The zero-order chi connectivity index (χ0) is 15.6. The summed E-state index contributed by atoms with van der Waals surface area (Å²) in [5.41, 5.74) is 0.814. The van der Waals surface area contributed by atoms with Gasteiger partial charge in [-0.2, -0.15) is 4.31 Å². The van der Waals surface area contributed by atoms with Crippen LogP contribution in [0.15, 0.2) is 17.2 Å². The molecule has 0 spiro atoms. The molecule has 0 aliphatic carbocycles. The van der Waals surface area contributed by atoms with Crippen molar-refractivity contribution in [2.45, 2.75) is 24.6 Å². The van der Waals surface area contributed by atoms with Crippen LogP contribution in [0.25, 0.3) is 0 Å². The Bertz CT molecular complexity index is 575. The number of halogens is 1. The zero-order valence-electron chi connectivity index (χ0n) is 12.9. The highest BCUT2D eigenvalue weighted by molar-refractivity contribution is 7.89. The van der Waals surface area contributed by atoms with Crippen molar-refractivity contribution in [2.24, 2.45) is 13.0 Å². The van der Waals surface area contributed by atoms with Crippen LogP contribution in [0.1, 0.15) is 19.5 Å². The second kappa shape index (κ2) is 6.69. The Morgan fingerprint density at radius 1 is 1.24 bits per heavy atom. The molecule has 0 atom stereocenters. The summed E-state index contributed by atoms with van der Waals surface area (Å²) in [7, 11) is -1.58. The highest BCUT2D eigenvalue weighted by atomic mass is 35.5. The van der Waals surface area contributed by atoms with Crippen molar-refractivity contribution >= 4 is 21.6 Å². The lowest BCUT2D eigenvalue weighted by Gasteiger charge is -2.34. The van der Waals surface area contributed by atoms with Crippen molar-refractivity contribution in [3.63, 3.8) is 0 Å². The summed E-state index contributed by atoms with van der Waals surface area (Å²) >= 11 is 5.81. The second-order valence-electron chi connectivity index (χ2n) is 6.01. The largest absolute Gasteiger partial charge is 0.352 e. The first kappa shape index (κ1) is 16.8. The van der Waals surface area contributed by atoms with Crippen LogP contribution in [0.3, 0.4) is 0 Å². The van der Waals surface area contributed by atoms with E-state index in [0.29, 0.717) is 29.8 Å². The first-order chi connectivity index (χ1) is 9.84. The normalized spacial score (nSPS) is 18.5. The van der Waals surface area contributed by atoms with Gasteiger partial charge >= 0.3 is 0 Å². The van der Waals surface area contributed by atoms with E-state index in [1.54, 1.807) is 21.1 Å². The second-order valence-corrected chi connectivity index (χ2v) is 8.22. The van der Waals surface area contributed by atoms with E-state index in [0.717, 1.165) is 25.3 Å². The van der Waals surface area contributed by atoms with Gasteiger partial charge in [0.25, 0.3) is 0 Å². The quantitative estimate of drug-likeness (QED) is 0.771. The summed E-state index contributed by atoms with van der Waals surface area (Å²) in [5.74, 6) is 0.919. The molecule has 1 aliphatic rings. The minimum absolute atomic E-state index is 0.314. The van der Waals surface area contributed by atoms with Gasteiger partial charge in [-0.15, -0.1) is 11.6 Å². The molecule has 21 heavy (non-hydrogen) atoms. The maximum absolute atomic E-state index is 12.6. The average Bonchev–Trinajstić information content (AvgIpc) is 2.80. The van der Waals surface area contributed by atoms with Crippen molar-refractivity contribution in [3.05, 3.63) is 18.0 Å². The zero-order valence-corrected chi connectivity index (χ0v) is 14.5. The molecular weight excluding hydrogens is 310 g/mol. The Morgan fingerprint density at radius 2 is 1.86 bits per heavy atom. The van der Waals surface area contributed by atoms with Crippen LogP contribution in [0.2, 0.25) is 0 Å². The van der Waals surface area contributed by atoms with Crippen LogP contribution >= 0.6 is 11.6 Å². The Balaban J connectivity index is 2.07.